The first-order chi connectivity index (χ1) is 8.25. The summed E-state index contributed by atoms with van der Waals surface area (Å²) in [5.41, 5.74) is 1.28. The molecule has 0 aliphatic carbocycles. The molecule has 1 aromatic rings. The average Bonchev–Trinajstić information content (AvgIpc) is 2.39. The van der Waals surface area contributed by atoms with Crippen molar-refractivity contribution in [2.24, 2.45) is 5.92 Å². The molecule has 94 valence electrons. The van der Waals surface area contributed by atoms with E-state index in [4.69, 9.17) is 0 Å². The van der Waals surface area contributed by atoms with Crippen molar-refractivity contribution >= 4 is 0 Å². The number of rotatable bonds is 4. The van der Waals surface area contributed by atoms with Gasteiger partial charge >= 0.3 is 0 Å². The van der Waals surface area contributed by atoms with Gasteiger partial charge in [0, 0.05) is 18.4 Å². The SMILES string of the molecule is CC(NCC1CCN(C)CC1)c1cccnc1. The van der Waals surface area contributed by atoms with Gasteiger partial charge in [-0.3, -0.25) is 4.98 Å². The zero-order valence-corrected chi connectivity index (χ0v) is 10.9. The Morgan fingerprint density at radius 3 is 2.88 bits per heavy atom. The molecule has 1 N–H and O–H groups in total. The molecule has 1 aliphatic heterocycles. The maximum atomic E-state index is 4.16. The van der Waals surface area contributed by atoms with Crippen molar-refractivity contribution in [3.8, 4) is 0 Å². The van der Waals surface area contributed by atoms with Crippen molar-refractivity contribution in [3.05, 3.63) is 30.1 Å². The highest BCUT2D eigenvalue weighted by molar-refractivity contribution is 5.12. The van der Waals surface area contributed by atoms with Crippen molar-refractivity contribution in [1.29, 1.82) is 0 Å². The Labute approximate surface area is 104 Å². The summed E-state index contributed by atoms with van der Waals surface area (Å²) in [5.74, 6) is 0.838. The van der Waals surface area contributed by atoms with Crippen LogP contribution in [0.25, 0.3) is 0 Å². The van der Waals surface area contributed by atoms with Crippen LogP contribution >= 0.6 is 0 Å². The minimum atomic E-state index is 0.406. The Kier molecular flexibility index (Phi) is 4.51. The third-order valence-corrected chi connectivity index (χ3v) is 3.74. The Hall–Kier alpha value is -0.930. The predicted octanol–water partition coefficient (Wildman–Crippen LogP) is 2.07. The standard InChI is InChI=1S/C14H23N3/c1-12(14-4-3-7-15-11-14)16-10-13-5-8-17(2)9-6-13/h3-4,7,11-13,16H,5-6,8-10H2,1-2H3. The highest BCUT2D eigenvalue weighted by atomic mass is 15.1. The number of nitrogens with zero attached hydrogens (tertiary/aromatic N) is 2. The van der Waals surface area contributed by atoms with Crippen LogP contribution in [0.3, 0.4) is 0 Å². The Bertz CT molecular complexity index is 317. The second-order valence-electron chi connectivity index (χ2n) is 5.16. The van der Waals surface area contributed by atoms with Crippen molar-refractivity contribution in [3.63, 3.8) is 0 Å². The fourth-order valence-electron chi connectivity index (χ4n) is 2.36. The lowest BCUT2D eigenvalue weighted by atomic mass is 9.96. The average molecular weight is 233 g/mol. The van der Waals surface area contributed by atoms with Gasteiger partial charge in [-0.05, 0) is 64.0 Å². The van der Waals surface area contributed by atoms with Gasteiger partial charge in [-0.15, -0.1) is 0 Å². The first-order valence-electron chi connectivity index (χ1n) is 6.57. The van der Waals surface area contributed by atoms with Gasteiger partial charge in [0.15, 0.2) is 0 Å². The molecular formula is C14H23N3. The molecule has 1 aliphatic rings. The minimum Gasteiger partial charge on any atom is -0.310 e. The van der Waals surface area contributed by atoms with E-state index in [9.17, 15) is 0 Å². The topological polar surface area (TPSA) is 28.2 Å². The number of hydrogen-bond donors (Lipinski definition) is 1. The van der Waals surface area contributed by atoms with E-state index in [1.807, 2.05) is 18.5 Å². The normalized spacial score (nSPS) is 20.4. The molecule has 0 amide bonds. The fourth-order valence-corrected chi connectivity index (χ4v) is 2.36. The number of hydrogen-bond acceptors (Lipinski definition) is 3. The van der Waals surface area contributed by atoms with Gasteiger partial charge in [-0.25, -0.2) is 0 Å². The highest BCUT2D eigenvalue weighted by Gasteiger charge is 2.17. The highest BCUT2D eigenvalue weighted by Crippen LogP contribution is 2.17. The lowest BCUT2D eigenvalue weighted by Gasteiger charge is -2.30. The Morgan fingerprint density at radius 2 is 2.24 bits per heavy atom. The van der Waals surface area contributed by atoms with Gasteiger partial charge < -0.3 is 10.2 Å². The third-order valence-electron chi connectivity index (χ3n) is 3.74. The summed E-state index contributed by atoms with van der Waals surface area (Å²) in [6, 6.07) is 4.55. The molecule has 3 nitrogen and oxygen atoms in total. The largest absolute Gasteiger partial charge is 0.310 e. The molecule has 0 radical (unpaired) electrons. The molecule has 0 bridgehead atoms. The summed E-state index contributed by atoms with van der Waals surface area (Å²) in [5, 5.41) is 3.62. The van der Waals surface area contributed by atoms with Gasteiger partial charge in [0.05, 0.1) is 0 Å². The van der Waals surface area contributed by atoms with Gasteiger partial charge in [-0.1, -0.05) is 6.07 Å². The zero-order chi connectivity index (χ0) is 12.1. The van der Waals surface area contributed by atoms with Crippen molar-refractivity contribution in [2.75, 3.05) is 26.7 Å². The van der Waals surface area contributed by atoms with Crippen LogP contribution in [0.5, 0.6) is 0 Å². The van der Waals surface area contributed by atoms with Crippen LogP contribution in [0.1, 0.15) is 31.4 Å². The molecule has 1 fully saturated rings. The quantitative estimate of drug-likeness (QED) is 0.863. The van der Waals surface area contributed by atoms with Crippen molar-refractivity contribution in [1.82, 2.24) is 15.2 Å². The number of piperidine rings is 1. The van der Waals surface area contributed by atoms with Crippen LogP contribution < -0.4 is 5.32 Å². The van der Waals surface area contributed by atoms with E-state index in [1.54, 1.807) is 0 Å². The molecule has 0 saturated carbocycles. The molecule has 1 atom stereocenters. The summed E-state index contributed by atoms with van der Waals surface area (Å²) >= 11 is 0. The molecule has 1 aromatic heterocycles. The van der Waals surface area contributed by atoms with Crippen LogP contribution in [0.4, 0.5) is 0 Å². The van der Waals surface area contributed by atoms with Crippen molar-refractivity contribution < 1.29 is 0 Å². The summed E-state index contributed by atoms with van der Waals surface area (Å²) in [4.78, 5) is 6.58. The van der Waals surface area contributed by atoms with Gasteiger partial charge in [0.2, 0.25) is 0 Å². The second-order valence-corrected chi connectivity index (χ2v) is 5.16. The van der Waals surface area contributed by atoms with E-state index >= 15 is 0 Å². The predicted molar refractivity (Wildman–Crippen MR) is 70.9 cm³/mol. The molecule has 0 spiro atoms. The number of pyridine rings is 1. The minimum absolute atomic E-state index is 0.406. The molecule has 0 aromatic carbocycles. The third kappa shape index (κ3) is 3.79. The molecule has 2 rings (SSSR count). The first kappa shape index (κ1) is 12.5. The fraction of sp³-hybridized carbons (Fsp3) is 0.643. The van der Waals surface area contributed by atoms with Gasteiger partial charge in [0.25, 0.3) is 0 Å². The Balaban J connectivity index is 1.75. The summed E-state index contributed by atoms with van der Waals surface area (Å²) < 4.78 is 0. The number of aromatic nitrogens is 1. The van der Waals surface area contributed by atoms with Gasteiger partial charge in [0.1, 0.15) is 0 Å². The zero-order valence-electron chi connectivity index (χ0n) is 10.9. The van der Waals surface area contributed by atoms with E-state index in [0.29, 0.717) is 6.04 Å². The summed E-state index contributed by atoms with van der Waals surface area (Å²) in [6.07, 6.45) is 6.42. The summed E-state index contributed by atoms with van der Waals surface area (Å²) in [7, 11) is 2.21. The maximum absolute atomic E-state index is 4.16. The molecule has 17 heavy (non-hydrogen) atoms. The van der Waals surface area contributed by atoms with E-state index in [0.717, 1.165) is 12.5 Å². The number of nitrogens with one attached hydrogen (secondary N) is 1. The van der Waals surface area contributed by atoms with E-state index in [2.05, 4.69) is 35.2 Å². The lowest BCUT2D eigenvalue weighted by molar-refractivity contribution is 0.213. The molecule has 3 heteroatoms. The molecular weight excluding hydrogens is 210 g/mol. The first-order valence-corrected chi connectivity index (χ1v) is 6.57. The second kappa shape index (κ2) is 6.12. The van der Waals surface area contributed by atoms with Crippen LogP contribution in [0.15, 0.2) is 24.5 Å². The van der Waals surface area contributed by atoms with Crippen LogP contribution in [-0.2, 0) is 0 Å². The smallest absolute Gasteiger partial charge is 0.0315 e. The van der Waals surface area contributed by atoms with Crippen molar-refractivity contribution in [2.45, 2.75) is 25.8 Å². The maximum Gasteiger partial charge on any atom is 0.0315 e. The van der Waals surface area contributed by atoms with Gasteiger partial charge in [-0.2, -0.15) is 0 Å². The van der Waals surface area contributed by atoms with Crippen LogP contribution in [-0.4, -0.2) is 36.6 Å². The molecule has 2 heterocycles. The lowest BCUT2D eigenvalue weighted by Crippen LogP contribution is -2.35. The molecule has 1 saturated heterocycles. The van der Waals surface area contributed by atoms with Crippen LogP contribution in [0.2, 0.25) is 0 Å². The van der Waals surface area contributed by atoms with E-state index < -0.39 is 0 Å². The number of likely N-dealkylation sites (tertiary alicyclic amines) is 1. The molecule has 1 unspecified atom stereocenters. The Morgan fingerprint density at radius 1 is 1.47 bits per heavy atom. The summed E-state index contributed by atoms with van der Waals surface area (Å²) in [6.45, 7) is 5.83. The van der Waals surface area contributed by atoms with E-state index in [-0.39, 0.29) is 0 Å². The van der Waals surface area contributed by atoms with Crippen LogP contribution in [0, 0.1) is 5.92 Å². The monoisotopic (exact) mass is 233 g/mol. The van der Waals surface area contributed by atoms with E-state index in [1.165, 1.54) is 31.5 Å².